The molecule has 0 saturated heterocycles. The fraction of sp³-hybridized carbons (Fsp3) is 0.300. The van der Waals surface area contributed by atoms with E-state index in [0.29, 0.717) is 0 Å². The Kier molecular flexibility index (Phi) is 2.02. The standard InChI is InChI=1S/C10H13N3/c1-7(11-2)10-12-8-5-3-4-6-9(8)13-10/h3-7,11H,1-2H3,(H,12,13). The number of aromatic nitrogens is 2. The van der Waals surface area contributed by atoms with Crippen molar-refractivity contribution in [1.29, 1.82) is 0 Å². The molecule has 0 spiro atoms. The van der Waals surface area contributed by atoms with Crippen LogP contribution in [0, 0.1) is 0 Å². The molecule has 0 fully saturated rings. The van der Waals surface area contributed by atoms with E-state index in [0.717, 1.165) is 16.9 Å². The fourth-order valence-corrected chi connectivity index (χ4v) is 1.31. The first kappa shape index (κ1) is 8.26. The van der Waals surface area contributed by atoms with Crippen LogP contribution in [0.4, 0.5) is 0 Å². The second kappa shape index (κ2) is 3.18. The average Bonchev–Trinajstić information content (AvgIpc) is 2.59. The van der Waals surface area contributed by atoms with Gasteiger partial charge in [-0.05, 0) is 26.1 Å². The Balaban J connectivity index is 2.49. The number of H-pyrrole nitrogens is 1. The summed E-state index contributed by atoms with van der Waals surface area (Å²) < 4.78 is 0. The monoisotopic (exact) mass is 175 g/mol. The van der Waals surface area contributed by atoms with Crippen LogP contribution in [0.5, 0.6) is 0 Å². The van der Waals surface area contributed by atoms with Crippen molar-refractivity contribution in [3.05, 3.63) is 30.1 Å². The minimum absolute atomic E-state index is 0.271. The number of rotatable bonds is 2. The lowest BCUT2D eigenvalue weighted by molar-refractivity contribution is 0.620. The first-order chi connectivity index (χ1) is 6.31. The Bertz CT molecular complexity index is 372. The smallest absolute Gasteiger partial charge is 0.124 e. The molecule has 3 heteroatoms. The third-order valence-electron chi connectivity index (χ3n) is 2.25. The van der Waals surface area contributed by atoms with E-state index in [9.17, 15) is 0 Å². The van der Waals surface area contributed by atoms with Crippen molar-refractivity contribution in [3.8, 4) is 0 Å². The number of benzene rings is 1. The summed E-state index contributed by atoms with van der Waals surface area (Å²) in [4.78, 5) is 7.74. The largest absolute Gasteiger partial charge is 0.341 e. The summed E-state index contributed by atoms with van der Waals surface area (Å²) in [5, 5.41) is 3.15. The van der Waals surface area contributed by atoms with Crippen molar-refractivity contribution in [3.63, 3.8) is 0 Å². The van der Waals surface area contributed by atoms with Crippen LogP contribution in [0.15, 0.2) is 24.3 Å². The maximum atomic E-state index is 4.47. The van der Waals surface area contributed by atoms with Gasteiger partial charge in [0.1, 0.15) is 5.82 Å². The highest BCUT2D eigenvalue weighted by molar-refractivity contribution is 5.74. The van der Waals surface area contributed by atoms with Gasteiger partial charge in [-0.3, -0.25) is 0 Å². The molecule has 1 aromatic carbocycles. The molecule has 0 saturated carbocycles. The number of nitrogens with one attached hydrogen (secondary N) is 2. The van der Waals surface area contributed by atoms with Gasteiger partial charge < -0.3 is 10.3 Å². The van der Waals surface area contributed by atoms with E-state index in [1.165, 1.54) is 0 Å². The minimum Gasteiger partial charge on any atom is -0.341 e. The van der Waals surface area contributed by atoms with E-state index in [1.807, 2.05) is 31.3 Å². The predicted octanol–water partition coefficient (Wildman–Crippen LogP) is 1.84. The average molecular weight is 175 g/mol. The van der Waals surface area contributed by atoms with E-state index in [-0.39, 0.29) is 6.04 Å². The number of imidazole rings is 1. The second-order valence-corrected chi connectivity index (χ2v) is 3.15. The van der Waals surface area contributed by atoms with Gasteiger partial charge >= 0.3 is 0 Å². The minimum atomic E-state index is 0.271. The fourth-order valence-electron chi connectivity index (χ4n) is 1.31. The van der Waals surface area contributed by atoms with Crippen molar-refractivity contribution in [1.82, 2.24) is 15.3 Å². The normalized spacial score (nSPS) is 13.4. The van der Waals surface area contributed by atoms with Gasteiger partial charge in [-0.25, -0.2) is 4.98 Å². The SMILES string of the molecule is CNC(C)c1nc2ccccc2[nH]1. The molecule has 13 heavy (non-hydrogen) atoms. The molecule has 2 aromatic rings. The third kappa shape index (κ3) is 1.42. The van der Waals surface area contributed by atoms with Crippen molar-refractivity contribution >= 4 is 11.0 Å². The molecule has 2 rings (SSSR count). The molecule has 0 amide bonds. The summed E-state index contributed by atoms with van der Waals surface area (Å²) in [6, 6.07) is 8.32. The van der Waals surface area contributed by atoms with Crippen molar-refractivity contribution in [2.24, 2.45) is 0 Å². The van der Waals surface area contributed by atoms with E-state index < -0.39 is 0 Å². The van der Waals surface area contributed by atoms with Gasteiger partial charge in [-0.2, -0.15) is 0 Å². The van der Waals surface area contributed by atoms with E-state index in [2.05, 4.69) is 22.2 Å². The highest BCUT2D eigenvalue weighted by Crippen LogP contribution is 2.14. The van der Waals surface area contributed by atoms with Crippen molar-refractivity contribution < 1.29 is 0 Å². The molecular formula is C10H13N3. The second-order valence-electron chi connectivity index (χ2n) is 3.15. The van der Waals surface area contributed by atoms with Crippen LogP contribution >= 0.6 is 0 Å². The Morgan fingerprint density at radius 3 is 2.85 bits per heavy atom. The lowest BCUT2D eigenvalue weighted by Crippen LogP contribution is -2.13. The van der Waals surface area contributed by atoms with Gasteiger partial charge in [0.25, 0.3) is 0 Å². The molecule has 68 valence electrons. The highest BCUT2D eigenvalue weighted by Gasteiger charge is 2.06. The molecule has 0 bridgehead atoms. The summed E-state index contributed by atoms with van der Waals surface area (Å²) in [6.45, 7) is 2.08. The van der Waals surface area contributed by atoms with Gasteiger partial charge in [0.15, 0.2) is 0 Å². The zero-order chi connectivity index (χ0) is 9.26. The van der Waals surface area contributed by atoms with Gasteiger partial charge in [-0.1, -0.05) is 12.1 Å². The molecule has 1 aromatic heterocycles. The number of nitrogens with zero attached hydrogens (tertiary/aromatic N) is 1. The molecule has 0 aliphatic carbocycles. The highest BCUT2D eigenvalue weighted by atomic mass is 15.0. The summed E-state index contributed by atoms with van der Waals surface area (Å²) >= 11 is 0. The quantitative estimate of drug-likeness (QED) is 0.731. The van der Waals surface area contributed by atoms with Gasteiger partial charge in [0, 0.05) is 0 Å². The zero-order valence-corrected chi connectivity index (χ0v) is 7.83. The Labute approximate surface area is 77.2 Å². The van der Waals surface area contributed by atoms with Gasteiger partial charge in [-0.15, -0.1) is 0 Å². The van der Waals surface area contributed by atoms with Crippen LogP contribution < -0.4 is 5.32 Å². The molecule has 1 unspecified atom stereocenters. The number of hydrogen-bond donors (Lipinski definition) is 2. The third-order valence-corrected chi connectivity index (χ3v) is 2.25. The Morgan fingerprint density at radius 2 is 2.15 bits per heavy atom. The van der Waals surface area contributed by atoms with Crippen LogP contribution in [-0.2, 0) is 0 Å². The molecule has 0 aliphatic heterocycles. The van der Waals surface area contributed by atoms with Crippen LogP contribution in [0.3, 0.4) is 0 Å². The first-order valence-electron chi connectivity index (χ1n) is 4.43. The van der Waals surface area contributed by atoms with Gasteiger partial charge in [0.05, 0.1) is 17.1 Å². The number of para-hydroxylation sites is 2. The summed E-state index contributed by atoms with van der Waals surface area (Å²) in [7, 11) is 1.93. The molecule has 0 radical (unpaired) electrons. The number of hydrogen-bond acceptors (Lipinski definition) is 2. The van der Waals surface area contributed by atoms with Crippen LogP contribution in [0.1, 0.15) is 18.8 Å². The van der Waals surface area contributed by atoms with Crippen LogP contribution in [0.2, 0.25) is 0 Å². The van der Waals surface area contributed by atoms with E-state index >= 15 is 0 Å². The molecule has 3 nitrogen and oxygen atoms in total. The number of aromatic amines is 1. The molecule has 1 heterocycles. The lowest BCUT2D eigenvalue weighted by Gasteiger charge is -2.04. The summed E-state index contributed by atoms with van der Waals surface area (Å²) in [6.07, 6.45) is 0. The molecule has 2 N–H and O–H groups in total. The molecular weight excluding hydrogens is 162 g/mol. The maximum Gasteiger partial charge on any atom is 0.124 e. The van der Waals surface area contributed by atoms with Crippen molar-refractivity contribution in [2.75, 3.05) is 7.05 Å². The van der Waals surface area contributed by atoms with Crippen LogP contribution in [0.25, 0.3) is 11.0 Å². The predicted molar refractivity (Wildman–Crippen MR) is 53.6 cm³/mol. The summed E-state index contributed by atoms with van der Waals surface area (Å²) in [5.74, 6) is 0.990. The van der Waals surface area contributed by atoms with Crippen LogP contribution in [-0.4, -0.2) is 17.0 Å². The molecule has 1 atom stereocenters. The van der Waals surface area contributed by atoms with Gasteiger partial charge in [0.2, 0.25) is 0 Å². The number of fused-ring (bicyclic) bond motifs is 1. The topological polar surface area (TPSA) is 40.7 Å². The Morgan fingerprint density at radius 1 is 1.38 bits per heavy atom. The van der Waals surface area contributed by atoms with E-state index in [4.69, 9.17) is 0 Å². The lowest BCUT2D eigenvalue weighted by atomic mass is 10.3. The maximum absolute atomic E-state index is 4.47. The van der Waals surface area contributed by atoms with Crippen molar-refractivity contribution in [2.45, 2.75) is 13.0 Å². The first-order valence-corrected chi connectivity index (χ1v) is 4.43. The Hall–Kier alpha value is -1.35. The van der Waals surface area contributed by atoms with E-state index in [1.54, 1.807) is 0 Å². The summed E-state index contributed by atoms with van der Waals surface area (Å²) in [5.41, 5.74) is 2.12. The molecule has 0 aliphatic rings. The zero-order valence-electron chi connectivity index (χ0n) is 7.83.